The number of nitrogens with one attached hydrogen (secondary N) is 1. The fourth-order valence-corrected chi connectivity index (χ4v) is 1.56. The maximum Gasteiger partial charge on any atom is 0.0813 e. The minimum absolute atomic E-state index is 0.390. The number of aliphatic hydroxyl groups is 1. The Morgan fingerprint density at radius 2 is 2.24 bits per heavy atom. The zero-order chi connectivity index (χ0) is 12.9. The van der Waals surface area contributed by atoms with Crippen LogP contribution in [0.3, 0.4) is 0 Å². The molecular weight excluding hydrogens is 240 g/mol. The van der Waals surface area contributed by atoms with Crippen LogP contribution in [0.2, 0.25) is 5.02 Å². The summed E-state index contributed by atoms with van der Waals surface area (Å²) in [6.07, 6.45) is 0.553. The van der Waals surface area contributed by atoms with Crippen molar-refractivity contribution in [3.8, 4) is 0 Å². The van der Waals surface area contributed by atoms with Gasteiger partial charge >= 0.3 is 0 Å². The van der Waals surface area contributed by atoms with Gasteiger partial charge in [0.15, 0.2) is 0 Å². The zero-order valence-electron chi connectivity index (χ0n) is 10.2. The van der Waals surface area contributed by atoms with Crippen LogP contribution in [0.5, 0.6) is 0 Å². The molecule has 0 fully saturated rings. The maximum absolute atomic E-state index is 10.1. The summed E-state index contributed by atoms with van der Waals surface area (Å²) in [5.74, 6) is 0. The van der Waals surface area contributed by atoms with E-state index in [0.717, 1.165) is 5.69 Å². The standard InChI is InChI=1S/C12H19ClN2O2/c1-12(16,6-7-17-2)8-15-10-5-3-4-9(13)11(10)14/h3-5,15-16H,6-8,14H2,1-2H3. The largest absolute Gasteiger partial charge is 0.396 e. The van der Waals surface area contributed by atoms with Gasteiger partial charge in [0.1, 0.15) is 0 Å². The first kappa shape index (κ1) is 14.1. The Balaban J connectivity index is 2.58. The summed E-state index contributed by atoms with van der Waals surface area (Å²) in [6, 6.07) is 5.36. The second kappa shape index (κ2) is 6.10. The maximum atomic E-state index is 10.1. The van der Waals surface area contributed by atoms with Crippen molar-refractivity contribution in [1.82, 2.24) is 0 Å². The molecule has 5 heteroatoms. The summed E-state index contributed by atoms with van der Waals surface area (Å²) < 4.78 is 4.94. The number of para-hydroxylation sites is 1. The zero-order valence-corrected chi connectivity index (χ0v) is 10.9. The average Bonchev–Trinajstić information content (AvgIpc) is 2.29. The smallest absolute Gasteiger partial charge is 0.0813 e. The summed E-state index contributed by atoms with van der Waals surface area (Å²) in [5, 5.41) is 13.6. The molecule has 4 nitrogen and oxygen atoms in total. The summed E-state index contributed by atoms with van der Waals surface area (Å²) in [5.41, 5.74) is 6.20. The van der Waals surface area contributed by atoms with Crippen molar-refractivity contribution in [3.05, 3.63) is 23.2 Å². The lowest BCUT2D eigenvalue weighted by atomic mass is 10.0. The quantitative estimate of drug-likeness (QED) is 0.684. The summed E-state index contributed by atoms with van der Waals surface area (Å²) in [4.78, 5) is 0. The van der Waals surface area contributed by atoms with E-state index in [1.807, 2.05) is 12.1 Å². The molecule has 17 heavy (non-hydrogen) atoms. The topological polar surface area (TPSA) is 67.5 Å². The van der Waals surface area contributed by atoms with Gasteiger partial charge in [0.25, 0.3) is 0 Å². The van der Waals surface area contributed by atoms with Crippen molar-refractivity contribution in [2.75, 3.05) is 31.3 Å². The molecule has 1 aromatic carbocycles. The number of rotatable bonds is 6. The second-order valence-corrected chi connectivity index (χ2v) is 4.70. The number of nitrogen functional groups attached to an aromatic ring is 1. The number of nitrogens with two attached hydrogens (primary N) is 1. The minimum atomic E-state index is -0.842. The van der Waals surface area contributed by atoms with Crippen LogP contribution in [-0.2, 0) is 4.74 Å². The van der Waals surface area contributed by atoms with Crippen molar-refractivity contribution in [2.45, 2.75) is 18.9 Å². The number of hydrogen-bond acceptors (Lipinski definition) is 4. The lowest BCUT2D eigenvalue weighted by molar-refractivity contribution is 0.0358. The Bertz CT molecular complexity index is 370. The van der Waals surface area contributed by atoms with Gasteiger partial charge in [-0.3, -0.25) is 0 Å². The molecule has 0 spiro atoms. The summed E-state index contributed by atoms with van der Waals surface area (Å²) in [6.45, 7) is 2.65. The molecule has 0 radical (unpaired) electrons. The van der Waals surface area contributed by atoms with Crippen LogP contribution in [0.4, 0.5) is 11.4 Å². The molecule has 0 saturated carbocycles. The van der Waals surface area contributed by atoms with Crippen molar-refractivity contribution in [1.29, 1.82) is 0 Å². The first-order valence-corrected chi connectivity index (χ1v) is 5.83. The van der Waals surface area contributed by atoms with E-state index in [1.165, 1.54) is 0 Å². The molecule has 0 heterocycles. The molecule has 0 aliphatic heterocycles. The van der Waals surface area contributed by atoms with Crippen LogP contribution in [0.15, 0.2) is 18.2 Å². The number of hydrogen-bond donors (Lipinski definition) is 3. The Morgan fingerprint density at radius 1 is 1.53 bits per heavy atom. The van der Waals surface area contributed by atoms with E-state index in [2.05, 4.69) is 5.32 Å². The third-order valence-electron chi connectivity index (χ3n) is 2.56. The minimum Gasteiger partial charge on any atom is -0.396 e. The number of benzene rings is 1. The summed E-state index contributed by atoms with van der Waals surface area (Å²) in [7, 11) is 1.61. The second-order valence-electron chi connectivity index (χ2n) is 4.29. The SMILES string of the molecule is COCCC(C)(O)CNc1cccc(Cl)c1N. The van der Waals surface area contributed by atoms with Crippen molar-refractivity contribution < 1.29 is 9.84 Å². The van der Waals surface area contributed by atoms with Crippen molar-refractivity contribution >= 4 is 23.0 Å². The van der Waals surface area contributed by atoms with E-state index < -0.39 is 5.60 Å². The van der Waals surface area contributed by atoms with Crippen molar-refractivity contribution in [3.63, 3.8) is 0 Å². The summed E-state index contributed by atoms with van der Waals surface area (Å²) >= 11 is 5.90. The highest BCUT2D eigenvalue weighted by molar-refractivity contribution is 6.33. The lowest BCUT2D eigenvalue weighted by Crippen LogP contribution is -2.34. The predicted molar refractivity (Wildman–Crippen MR) is 71.5 cm³/mol. The number of anilines is 2. The average molecular weight is 259 g/mol. The Morgan fingerprint density at radius 3 is 2.88 bits per heavy atom. The molecule has 1 atom stereocenters. The van der Waals surface area contributed by atoms with Crippen LogP contribution in [0.1, 0.15) is 13.3 Å². The lowest BCUT2D eigenvalue weighted by Gasteiger charge is -2.24. The highest BCUT2D eigenvalue weighted by atomic mass is 35.5. The molecule has 0 aromatic heterocycles. The van der Waals surface area contributed by atoms with E-state index in [1.54, 1.807) is 20.1 Å². The van der Waals surface area contributed by atoms with Crippen molar-refractivity contribution in [2.24, 2.45) is 0 Å². The van der Waals surface area contributed by atoms with Gasteiger partial charge < -0.3 is 20.9 Å². The molecule has 0 amide bonds. The van der Waals surface area contributed by atoms with Crippen LogP contribution in [0.25, 0.3) is 0 Å². The van der Waals surface area contributed by atoms with E-state index >= 15 is 0 Å². The molecule has 0 aliphatic rings. The van der Waals surface area contributed by atoms with Crippen LogP contribution >= 0.6 is 11.6 Å². The van der Waals surface area contributed by atoms with Crippen LogP contribution < -0.4 is 11.1 Å². The predicted octanol–water partition coefficient (Wildman–Crippen LogP) is 2.12. The van der Waals surface area contributed by atoms with Crippen LogP contribution in [-0.4, -0.2) is 31.0 Å². The van der Waals surface area contributed by atoms with Gasteiger partial charge in [-0.15, -0.1) is 0 Å². The first-order chi connectivity index (χ1) is 7.96. The van der Waals surface area contributed by atoms with Gasteiger partial charge in [0.2, 0.25) is 0 Å². The number of ether oxygens (including phenoxy) is 1. The molecule has 0 saturated heterocycles. The molecule has 1 aromatic rings. The van der Waals surface area contributed by atoms with E-state index in [-0.39, 0.29) is 0 Å². The molecular formula is C12H19ClN2O2. The molecule has 96 valence electrons. The van der Waals surface area contributed by atoms with Gasteiger partial charge in [0, 0.05) is 26.7 Å². The van der Waals surface area contributed by atoms with E-state index in [4.69, 9.17) is 22.1 Å². The number of methoxy groups -OCH3 is 1. The highest BCUT2D eigenvalue weighted by Gasteiger charge is 2.20. The van der Waals surface area contributed by atoms with Crippen LogP contribution in [0, 0.1) is 0 Å². The van der Waals surface area contributed by atoms with Gasteiger partial charge in [-0.25, -0.2) is 0 Å². The molecule has 1 unspecified atom stereocenters. The highest BCUT2D eigenvalue weighted by Crippen LogP contribution is 2.27. The molecule has 1 rings (SSSR count). The Hall–Kier alpha value is -0.970. The first-order valence-electron chi connectivity index (χ1n) is 5.45. The normalized spacial score (nSPS) is 14.4. The fourth-order valence-electron chi connectivity index (χ4n) is 1.39. The van der Waals surface area contributed by atoms with E-state index in [9.17, 15) is 5.11 Å². The molecule has 0 aliphatic carbocycles. The van der Waals surface area contributed by atoms with Gasteiger partial charge in [-0.05, 0) is 19.1 Å². The van der Waals surface area contributed by atoms with E-state index in [0.29, 0.717) is 30.3 Å². The molecule has 4 N–H and O–H groups in total. The monoisotopic (exact) mass is 258 g/mol. The molecule has 0 bridgehead atoms. The number of halogens is 1. The Kier molecular flexibility index (Phi) is 5.05. The van der Waals surface area contributed by atoms with Gasteiger partial charge in [-0.1, -0.05) is 17.7 Å². The van der Waals surface area contributed by atoms with Gasteiger partial charge in [0.05, 0.1) is 22.0 Å². The Labute approximate surface area is 107 Å². The van der Waals surface area contributed by atoms with Gasteiger partial charge in [-0.2, -0.15) is 0 Å². The third kappa shape index (κ3) is 4.42. The fraction of sp³-hybridized carbons (Fsp3) is 0.500. The third-order valence-corrected chi connectivity index (χ3v) is 2.89.